The van der Waals surface area contributed by atoms with Crippen LogP contribution in [0.2, 0.25) is 0 Å². The van der Waals surface area contributed by atoms with Crippen molar-refractivity contribution in [2.75, 3.05) is 5.32 Å². The van der Waals surface area contributed by atoms with Crippen LogP contribution in [0.1, 0.15) is 5.69 Å². The van der Waals surface area contributed by atoms with Crippen LogP contribution in [0.4, 0.5) is 5.69 Å². The van der Waals surface area contributed by atoms with Gasteiger partial charge in [-0.2, -0.15) is 0 Å². The average Bonchev–Trinajstić information content (AvgIpc) is 3.31. The topological polar surface area (TPSA) is 86.3 Å². The highest BCUT2D eigenvalue weighted by molar-refractivity contribution is 5.62. The molecule has 0 spiro atoms. The van der Waals surface area contributed by atoms with E-state index in [9.17, 15) is 0 Å². The first-order valence-electron chi connectivity index (χ1n) is 7.82. The van der Waals surface area contributed by atoms with Gasteiger partial charge in [0.05, 0.1) is 17.9 Å². The molecule has 1 N–H and O–H groups in total. The van der Waals surface area contributed by atoms with E-state index in [2.05, 4.69) is 31.2 Å². The van der Waals surface area contributed by atoms with Gasteiger partial charge in [0.25, 0.3) is 0 Å². The van der Waals surface area contributed by atoms with Crippen molar-refractivity contribution >= 4 is 5.69 Å². The quantitative estimate of drug-likeness (QED) is 0.602. The van der Waals surface area contributed by atoms with Gasteiger partial charge in [0, 0.05) is 18.3 Å². The molecule has 0 aliphatic heterocycles. The molecule has 0 amide bonds. The number of hydrogen-bond donors (Lipinski definition) is 1. The van der Waals surface area contributed by atoms with Crippen LogP contribution >= 0.6 is 0 Å². The third kappa shape index (κ3) is 3.09. The van der Waals surface area contributed by atoms with Crippen LogP contribution in [-0.4, -0.2) is 35.2 Å². The first-order valence-corrected chi connectivity index (χ1v) is 7.82. The molecule has 0 fully saturated rings. The highest BCUT2D eigenvalue weighted by atomic mass is 15.5. The summed E-state index contributed by atoms with van der Waals surface area (Å²) in [5.41, 5.74) is 4.80. The number of nitrogens with one attached hydrogen (secondary N) is 1. The molecule has 0 saturated carbocycles. The molecule has 2 aromatic carbocycles. The van der Waals surface area contributed by atoms with Gasteiger partial charge >= 0.3 is 0 Å². The SMILES string of the molecule is Cn1nnc(-c2ccccc2)c1CNc1cccc(-n2cnnn2)c1. The summed E-state index contributed by atoms with van der Waals surface area (Å²) < 4.78 is 3.41. The van der Waals surface area contributed by atoms with Crippen LogP contribution in [0.3, 0.4) is 0 Å². The number of rotatable bonds is 5. The summed E-state index contributed by atoms with van der Waals surface area (Å²) in [6.07, 6.45) is 1.57. The zero-order chi connectivity index (χ0) is 17.1. The van der Waals surface area contributed by atoms with Gasteiger partial charge in [-0.25, -0.2) is 9.36 Å². The monoisotopic (exact) mass is 332 g/mol. The lowest BCUT2D eigenvalue weighted by Gasteiger charge is -2.09. The molecule has 2 aromatic heterocycles. The molecule has 0 bridgehead atoms. The summed E-state index contributed by atoms with van der Waals surface area (Å²) in [4.78, 5) is 0. The minimum absolute atomic E-state index is 0.604. The van der Waals surface area contributed by atoms with E-state index >= 15 is 0 Å². The summed E-state index contributed by atoms with van der Waals surface area (Å²) >= 11 is 0. The fraction of sp³-hybridized carbons (Fsp3) is 0.118. The van der Waals surface area contributed by atoms with E-state index in [1.165, 1.54) is 0 Å². The Hall–Kier alpha value is -3.55. The van der Waals surface area contributed by atoms with E-state index in [0.717, 1.165) is 28.3 Å². The van der Waals surface area contributed by atoms with Crippen molar-refractivity contribution in [1.29, 1.82) is 0 Å². The van der Waals surface area contributed by atoms with Crippen LogP contribution < -0.4 is 5.32 Å². The van der Waals surface area contributed by atoms with E-state index in [1.54, 1.807) is 15.7 Å². The zero-order valence-electron chi connectivity index (χ0n) is 13.6. The Kier molecular flexibility index (Phi) is 3.91. The van der Waals surface area contributed by atoms with Gasteiger partial charge in [0.1, 0.15) is 12.0 Å². The second-order valence-electron chi connectivity index (χ2n) is 5.53. The lowest BCUT2D eigenvalue weighted by Crippen LogP contribution is -2.07. The van der Waals surface area contributed by atoms with Gasteiger partial charge < -0.3 is 5.32 Å². The number of benzene rings is 2. The number of aromatic nitrogens is 7. The molecule has 0 aliphatic rings. The van der Waals surface area contributed by atoms with Crippen LogP contribution in [0, 0.1) is 0 Å². The van der Waals surface area contributed by atoms with Crippen molar-refractivity contribution < 1.29 is 0 Å². The Morgan fingerprint density at radius 3 is 2.68 bits per heavy atom. The van der Waals surface area contributed by atoms with Gasteiger partial charge in [-0.05, 0) is 28.6 Å². The van der Waals surface area contributed by atoms with Crippen molar-refractivity contribution in [1.82, 2.24) is 35.2 Å². The molecule has 0 unspecified atom stereocenters. The van der Waals surface area contributed by atoms with Crippen molar-refractivity contribution in [3.05, 3.63) is 66.6 Å². The highest BCUT2D eigenvalue weighted by Gasteiger charge is 2.12. The fourth-order valence-electron chi connectivity index (χ4n) is 2.62. The summed E-state index contributed by atoms with van der Waals surface area (Å²) in [6, 6.07) is 17.9. The average molecular weight is 332 g/mol. The third-order valence-electron chi connectivity index (χ3n) is 3.91. The Balaban J connectivity index is 1.57. The van der Waals surface area contributed by atoms with Gasteiger partial charge in [0.15, 0.2) is 0 Å². The predicted octanol–water partition coefficient (Wildman–Crippen LogP) is 2.07. The molecule has 0 saturated heterocycles. The largest absolute Gasteiger partial charge is 0.379 e. The maximum absolute atomic E-state index is 4.30. The first-order chi connectivity index (χ1) is 12.3. The standard InChI is InChI=1S/C17H16N8/c1-24-16(17(20-22-24)13-6-3-2-4-7-13)11-18-14-8-5-9-15(10-14)25-12-19-21-23-25/h2-10,12,18H,11H2,1H3. The van der Waals surface area contributed by atoms with Crippen LogP contribution in [0.15, 0.2) is 60.9 Å². The lowest BCUT2D eigenvalue weighted by molar-refractivity contribution is 0.683. The molecular weight excluding hydrogens is 316 g/mol. The summed E-state index contributed by atoms with van der Waals surface area (Å²) in [5, 5.41) is 23.1. The van der Waals surface area contributed by atoms with Gasteiger partial charge in [-0.1, -0.05) is 41.6 Å². The van der Waals surface area contributed by atoms with Crippen molar-refractivity contribution in [2.24, 2.45) is 7.05 Å². The molecule has 25 heavy (non-hydrogen) atoms. The van der Waals surface area contributed by atoms with E-state index in [-0.39, 0.29) is 0 Å². The molecule has 4 aromatic rings. The molecule has 4 rings (SSSR count). The summed E-state index contributed by atoms with van der Waals surface area (Å²) in [7, 11) is 1.90. The van der Waals surface area contributed by atoms with Crippen molar-refractivity contribution in [2.45, 2.75) is 6.54 Å². The van der Waals surface area contributed by atoms with Gasteiger partial charge in [-0.15, -0.1) is 10.2 Å². The molecule has 0 aliphatic carbocycles. The van der Waals surface area contributed by atoms with E-state index < -0.39 is 0 Å². The minimum atomic E-state index is 0.604. The maximum atomic E-state index is 4.30. The number of aryl methyl sites for hydroxylation is 1. The number of tetrazole rings is 1. The van der Waals surface area contributed by atoms with E-state index in [4.69, 9.17) is 0 Å². The van der Waals surface area contributed by atoms with Gasteiger partial charge in [-0.3, -0.25) is 0 Å². The van der Waals surface area contributed by atoms with Crippen LogP contribution in [0.5, 0.6) is 0 Å². The first kappa shape index (κ1) is 15.0. The van der Waals surface area contributed by atoms with Gasteiger partial charge in [0.2, 0.25) is 0 Å². The van der Waals surface area contributed by atoms with Crippen LogP contribution in [0.25, 0.3) is 16.9 Å². The van der Waals surface area contributed by atoms with Crippen molar-refractivity contribution in [3.8, 4) is 16.9 Å². The van der Waals surface area contributed by atoms with E-state index in [1.807, 2.05) is 61.6 Å². The molecular formula is C17H16N8. The number of hydrogen-bond acceptors (Lipinski definition) is 6. The third-order valence-corrected chi connectivity index (χ3v) is 3.91. The smallest absolute Gasteiger partial charge is 0.143 e. The number of anilines is 1. The molecule has 2 heterocycles. The second kappa shape index (κ2) is 6.52. The molecule has 0 radical (unpaired) electrons. The van der Waals surface area contributed by atoms with Crippen molar-refractivity contribution in [3.63, 3.8) is 0 Å². The maximum Gasteiger partial charge on any atom is 0.143 e. The molecule has 8 heteroatoms. The Bertz CT molecular complexity index is 960. The molecule has 0 atom stereocenters. The molecule has 124 valence electrons. The minimum Gasteiger partial charge on any atom is -0.379 e. The normalized spacial score (nSPS) is 10.8. The summed E-state index contributed by atoms with van der Waals surface area (Å²) in [6.45, 7) is 0.604. The Morgan fingerprint density at radius 2 is 1.88 bits per heavy atom. The predicted molar refractivity (Wildman–Crippen MR) is 92.9 cm³/mol. The van der Waals surface area contributed by atoms with Crippen LogP contribution in [-0.2, 0) is 13.6 Å². The van der Waals surface area contributed by atoms with E-state index in [0.29, 0.717) is 6.54 Å². The highest BCUT2D eigenvalue weighted by Crippen LogP contribution is 2.22. The Morgan fingerprint density at radius 1 is 1.00 bits per heavy atom. The molecule has 8 nitrogen and oxygen atoms in total. The second-order valence-corrected chi connectivity index (χ2v) is 5.53. The number of nitrogens with zero attached hydrogens (tertiary/aromatic N) is 7. The summed E-state index contributed by atoms with van der Waals surface area (Å²) in [5.74, 6) is 0. The Labute approximate surface area is 144 Å². The zero-order valence-corrected chi connectivity index (χ0v) is 13.6. The lowest BCUT2D eigenvalue weighted by atomic mass is 10.1. The fourth-order valence-corrected chi connectivity index (χ4v) is 2.62.